The largest absolute Gasteiger partial charge is 0.292 e. The standard InChI is InChI=1S/C18H17F3N6O/c19-13-4-2-1-3-12(13)8-26-10-22-18(25-26)23-16(28)9-27-15(11-5-6-11)7-14(24-27)17(20)21/h1-4,7,10-11,17H,5-6,8-9H2,(H,23,25,28). The highest BCUT2D eigenvalue weighted by Crippen LogP contribution is 2.41. The molecule has 0 unspecified atom stereocenters. The lowest BCUT2D eigenvalue weighted by Gasteiger charge is -2.06. The summed E-state index contributed by atoms with van der Waals surface area (Å²) in [6.07, 6.45) is 0.494. The molecule has 1 fully saturated rings. The first-order chi connectivity index (χ1) is 13.5. The number of hydrogen-bond acceptors (Lipinski definition) is 4. The Morgan fingerprint density at radius 1 is 1.25 bits per heavy atom. The van der Waals surface area contributed by atoms with Gasteiger partial charge in [-0.05, 0) is 25.0 Å². The van der Waals surface area contributed by atoms with Crippen LogP contribution < -0.4 is 5.32 Å². The lowest BCUT2D eigenvalue weighted by Crippen LogP contribution is -2.21. The van der Waals surface area contributed by atoms with E-state index in [4.69, 9.17) is 0 Å². The minimum Gasteiger partial charge on any atom is -0.292 e. The van der Waals surface area contributed by atoms with Crippen LogP contribution >= 0.6 is 0 Å². The van der Waals surface area contributed by atoms with Crippen molar-refractivity contribution in [2.24, 2.45) is 0 Å². The van der Waals surface area contributed by atoms with E-state index < -0.39 is 12.3 Å². The molecule has 1 N–H and O–H groups in total. The second-order valence-corrected chi connectivity index (χ2v) is 6.63. The molecule has 0 bridgehead atoms. The van der Waals surface area contributed by atoms with E-state index in [1.165, 1.54) is 27.8 Å². The van der Waals surface area contributed by atoms with Gasteiger partial charge in [0.2, 0.25) is 11.9 Å². The van der Waals surface area contributed by atoms with Crippen molar-refractivity contribution in [3.05, 3.63) is 59.4 Å². The molecule has 2 aromatic heterocycles. The van der Waals surface area contributed by atoms with Crippen molar-refractivity contribution < 1.29 is 18.0 Å². The Labute approximate surface area is 158 Å². The Morgan fingerprint density at radius 2 is 2.04 bits per heavy atom. The Kier molecular flexibility index (Phi) is 4.84. The molecule has 1 aliphatic rings. The smallest absolute Gasteiger partial charge is 0.282 e. The number of halogens is 3. The number of nitrogens with zero attached hydrogens (tertiary/aromatic N) is 5. The van der Waals surface area contributed by atoms with Crippen LogP contribution in [0.25, 0.3) is 0 Å². The molecule has 0 aliphatic heterocycles. The summed E-state index contributed by atoms with van der Waals surface area (Å²) < 4.78 is 42.2. The zero-order valence-electron chi connectivity index (χ0n) is 14.7. The summed E-state index contributed by atoms with van der Waals surface area (Å²) in [7, 11) is 0. The van der Waals surface area contributed by atoms with E-state index in [2.05, 4.69) is 20.5 Å². The van der Waals surface area contributed by atoms with Gasteiger partial charge in [-0.1, -0.05) is 18.2 Å². The van der Waals surface area contributed by atoms with Crippen molar-refractivity contribution in [1.82, 2.24) is 24.5 Å². The maximum Gasteiger partial charge on any atom is 0.282 e. The highest BCUT2D eigenvalue weighted by molar-refractivity contribution is 5.88. The summed E-state index contributed by atoms with van der Waals surface area (Å²) in [4.78, 5) is 16.2. The number of carbonyl (C=O) groups is 1. The number of aromatic nitrogens is 5. The molecule has 28 heavy (non-hydrogen) atoms. The number of benzene rings is 1. The number of carbonyl (C=O) groups excluding carboxylic acids is 1. The van der Waals surface area contributed by atoms with Crippen LogP contribution in [0.5, 0.6) is 0 Å². The lowest BCUT2D eigenvalue weighted by molar-refractivity contribution is -0.117. The van der Waals surface area contributed by atoms with E-state index >= 15 is 0 Å². The van der Waals surface area contributed by atoms with Crippen LogP contribution in [0, 0.1) is 5.82 Å². The average molecular weight is 390 g/mol. The van der Waals surface area contributed by atoms with Gasteiger partial charge in [-0.15, -0.1) is 5.10 Å². The predicted octanol–water partition coefficient (Wildman–Crippen LogP) is 3.12. The minimum absolute atomic E-state index is 0.0514. The van der Waals surface area contributed by atoms with Gasteiger partial charge in [0.25, 0.3) is 6.43 Å². The van der Waals surface area contributed by atoms with Crippen LogP contribution in [-0.4, -0.2) is 30.5 Å². The predicted molar refractivity (Wildman–Crippen MR) is 93.3 cm³/mol. The van der Waals surface area contributed by atoms with Crippen LogP contribution in [0.3, 0.4) is 0 Å². The molecule has 4 rings (SSSR count). The van der Waals surface area contributed by atoms with Crippen LogP contribution in [0.15, 0.2) is 36.7 Å². The number of nitrogens with one attached hydrogen (secondary N) is 1. The van der Waals surface area contributed by atoms with Crippen LogP contribution in [-0.2, 0) is 17.9 Å². The molecule has 1 aromatic carbocycles. The monoisotopic (exact) mass is 390 g/mol. The molecule has 0 saturated heterocycles. The van der Waals surface area contributed by atoms with Crippen LogP contribution in [0.1, 0.15) is 42.1 Å². The van der Waals surface area contributed by atoms with E-state index in [0.29, 0.717) is 11.3 Å². The molecule has 1 saturated carbocycles. The Hall–Kier alpha value is -3.17. The molecule has 1 amide bonds. The van der Waals surface area contributed by atoms with Crippen molar-refractivity contribution in [2.75, 3.05) is 5.32 Å². The topological polar surface area (TPSA) is 77.6 Å². The van der Waals surface area contributed by atoms with Crippen molar-refractivity contribution in [3.63, 3.8) is 0 Å². The molecule has 0 atom stereocenters. The molecule has 2 heterocycles. The first kappa shape index (κ1) is 18.2. The summed E-state index contributed by atoms with van der Waals surface area (Å²) in [6.45, 7) is -0.0430. The van der Waals surface area contributed by atoms with Gasteiger partial charge in [-0.2, -0.15) is 5.10 Å². The minimum atomic E-state index is -2.68. The molecule has 0 radical (unpaired) electrons. The zero-order valence-corrected chi connectivity index (χ0v) is 14.7. The number of rotatable bonds is 7. The molecular weight excluding hydrogens is 373 g/mol. The third-order valence-electron chi connectivity index (χ3n) is 4.42. The molecular formula is C18H17F3N6O. The third-order valence-corrected chi connectivity index (χ3v) is 4.42. The van der Waals surface area contributed by atoms with Crippen LogP contribution in [0.4, 0.5) is 19.1 Å². The molecule has 10 heteroatoms. The highest BCUT2D eigenvalue weighted by atomic mass is 19.3. The fraction of sp³-hybridized carbons (Fsp3) is 0.333. The normalized spacial score (nSPS) is 13.9. The van der Waals surface area contributed by atoms with Crippen molar-refractivity contribution in [3.8, 4) is 0 Å². The van der Waals surface area contributed by atoms with E-state index in [-0.39, 0.29) is 36.5 Å². The van der Waals surface area contributed by atoms with Gasteiger partial charge in [-0.3, -0.25) is 14.8 Å². The van der Waals surface area contributed by atoms with Gasteiger partial charge in [0.1, 0.15) is 24.4 Å². The fourth-order valence-electron chi connectivity index (χ4n) is 2.92. The van der Waals surface area contributed by atoms with Gasteiger partial charge < -0.3 is 0 Å². The summed E-state index contributed by atoms with van der Waals surface area (Å²) in [5.41, 5.74) is 0.751. The molecule has 7 nitrogen and oxygen atoms in total. The molecule has 146 valence electrons. The summed E-state index contributed by atoms with van der Waals surface area (Å²) in [5.74, 6) is -0.611. The maximum absolute atomic E-state index is 13.7. The maximum atomic E-state index is 13.7. The van der Waals surface area contributed by atoms with Crippen LogP contribution in [0.2, 0.25) is 0 Å². The Bertz CT molecular complexity index is 995. The molecule has 3 aromatic rings. The average Bonchev–Trinajstić information content (AvgIpc) is 3.27. The van der Waals surface area contributed by atoms with Crippen molar-refractivity contribution in [1.29, 1.82) is 0 Å². The van der Waals surface area contributed by atoms with E-state index in [1.807, 2.05) is 0 Å². The fourth-order valence-corrected chi connectivity index (χ4v) is 2.92. The second-order valence-electron chi connectivity index (χ2n) is 6.63. The van der Waals surface area contributed by atoms with E-state index in [0.717, 1.165) is 12.8 Å². The lowest BCUT2D eigenvalue weighted by atomic mass is 10.2. The van der Waals surface area contributed by atoms with Crippen molar-refractivity contribution in [2.45, 2.75) is 38.3 Å². The highest BCUT2D eigenvalue weighted by Gasteiger charge is 2.30. The van der Waals surface area contributed by atoms with Gasteiger partial charge in [0.15, 0.2) is 0 Å². The van der Waals surface area contributed by atoms with Gasteiger partial charge in [0, 0.05) is 17.2 Å². The number of amides is 1. The Balaban J connectivity index is 1.41. The van der Waals surface area contributed by atoms with Gasteiger partial charge >= 0.3 is 0 Å². The number of alkyl halides is 2. The number of anilines is 1. The third kappa shape index (κ3) is 4.05. The Morgan fingerprint density at radius 3 is 2.75 bits per heavy atom. The molecule has 0 spiro atoms. The zero-order chi connectivity index (χ0) is 19.7. The van der Waals surface area contributed by atoms with E-state index in [1.54, 1.807) is 18.2 Å². The first-order valence-corrected chi connectivity index (χ1v) is 8.78. The quantitative estimate of drug-likeness (QED) is 0.673. The van der Waals surface area contributed by atoms with E-state index in [9.17, 15) is 18.0 Å². The number of hydrogen-bond donors (Lipinski definition) is 1. The summed E-state index contributed by atoms with van der Waals surface area (Å²) >= 11 is 0. The molecule has 1 aliphatic carbocycles. The summed E-state index contributed by atoms with van der Waals surface area (Å²) in [5, 5.41) is 10.4. The van der Waals surface area contributed by atoms with Gasteiger partial charge in [-0.25, -0.2) is 22.8 Å². The van der Waals surface area contributed by atoms with Crippen molar-refractivity contribution >= 4 is 11.9 Å². The second kappa shape index (κ2) is 7.45. The first-order valence-electron chi connectivity index (χ1n) is 8.78. The van der Waals surface area contributed by atoms with Gasteiger partial charge in [0.05, 0.1) is 6.54 Å². The SMILES string of the molecule is O=C(Cn1nc(C(F)F)cc1C1CC1)Nc1ncn(Cc2ccccc2F)n1. The summed E-state index contributed by atoms with van der Waals surface area (Å²) in [6, 6.07) is 7.65.